The lowest BCUT2D eigenvalue weighted by atomic mass is 10.1. The largest absolute Gasteiger partial charge is 0.496 e. The van der Waals surface area contributed by atoms with Gasteiger partial charge in [0.2, 0.25) is 0 Å². The molecule has 2 aromatic carbocycles. The first-order chi connectivity index (χ1) is 12.3. The van der Waals surface area contributed by atoms with Crippen molar-refractivity contribution < 1.29 is 22.7 Å². The highest BCUT2D eigenvalue weighted by atomic mass is 19.4. The number of fused-ring (bicyclic) bond motifs is 1. The first-order valence-corrected chi connectivity index (χ1v) is 7.71. The second-order valence-corrected chi connectivity index (χ2v) is 5.73. The third-order valence-electron chi connectivity index (χ3n) is 3.99. The Morgan fingerprint density at radius 2 is 1.88 bits per heavy atom. The number of hydrogen-bond donors (Lipinski definition) is 1. The molecule has 0 spiro atoms. The third kappa shape index (κ3) is 3.46. The van der Waals surface area contributed by atoms with Crippen LogP contribution < -0.4 is 10.1 Å². The number of aromatic nitrogens is 1. The number of amides is 1. The molecule has 134 valence electrons. The van der Waals surface area contributed by atoms with Crippen LogP contribution in [-0.4, -0.2) is 18.0 Å². The van der Waals surface area contributed by atoms with Crippen molar-refractivity contribution in [3.63, 3.8) is 0 Å². The van der Waals surface area contributed by atoms with Gasteiger partial charge in [-0.25, -0.2) is 0 Å². The van der Waals surface area contributed by atoms with Crippen LogP contribution in [0.25, 0.3) is 10.9 Å². The normalized spacial score (nSPS) is 11.4. The monoisotopic (exact) mass is 360 g/mol. The van der Waals surface area contributed by atoms with Gasteiger partial charge in [-0.3, -0.25) is 9.78 Å². The molecule has 3 rings (SSSR count). The molecule has 0 atom stereocenters. The Balaban J connectivity index is 1.99. The van der Waals surface area contributed by atoms with Crippen LogP contribution >= 0.6 is 0 Å². The average molecular weight is 360 g/mol. The molecule has 0 aliphatic heterocycles. The number of aryl methyl sites for hydroxylation is 1. The quantitative estimate of drug-likeness (QED) is 0.728. The van der Waals surface area contributed by atoms with Crippen LogP contribution in [0.15, 0.2) is 48.7 Å². The van der Waals surface area contributed by atoms with Crippen molar-refractivity contribution in [3.8, 4) is 5.75 Å². The van der Waals surface area contributed by atoms with Crippen LogP contribution in [0, 0.1) is 6.92 Å². The Labute approximate surface area is 147 Å². The lowest BCUT2D eigenvalue weighted by Gasteiger charge is -2.12. The number of carbonyl (C=O) groups is 1. The van der Waals surface area contributed by atoms with E-state index in [9.17, 15) is 18.0 Å². The molecule has 0 aliphatic carbocycles. The predicted molar refractivity (Wildman–Crippen MR) is 92.4 cm³/mol. The SMILES string of the molecule is COc1cc(C(=O)Nc2ccnc3ccc(C(F)(F)F)cc23)ccc1C. The van der Waals surface area contributed by atoms with Crippen molar-refractivity contribution in [2.45, 2.75) is 13.1 Å². The van der Waals surface area contributed by atoms with Crippen molar-refractivity contribution >= 4 is 22.5 Å². The summed E-state index contributed by atoms with van der Waals surface area (Å²) in [7, 11) is 1.50. The maximum atomic E-state index is 13.0. The number of methoxy groups -OCH3 is 1. The van der Waals surface area contributed by atoms with Crippen molar-refractivity contribution in [3.05, 3.63) is 65.4 Å². The Hall–Kier alpha value is -3.09. The molecule has 0 radical (unpaired) electrons. The number of ether oxygens (including phenoxy) is 1. The van der Waals surface area contributed by atoms with E-state index in [1.54, 1.807) is 18.2 Å². The number of nitrogens with one attached hydrogen (secondary N) is 1. The summed E-state index contributed by atoms with van der Waals surface area (Å²) in [6, 6.07) is 9.63. The second kappa shape index (κ2) is 6.67. The molecule has 7 heteroatoms. The summed E-state index contributed by atoms with van der Waals surface area (Å²) >= 11 is 0. The van der Waals surface area contributed by atoms with Crippen LogP contribution in [0.4, 0.5) is 18.9 Å². The number of halogens is 3. The fourth-order valence-corrected chi connectivity index (χ4v) is 2.59. The van der Waals surface area contributed by atoms with E-state index in [0.717, 1.165) is 17.7 Å². The molecule has 0 aliphatic rings. The molecule has 3 aromatic rings. The van der Waals surface area contributed by atoms with E-state index in [2.05, 4.69) is 10.3 Å². The first-order valence-electron chi connectivity index (χ1n) is 7.71. The average Bonchev–Trinajstić information content (AvgIpc) is 2.61. The van der Waals surface area contributed by atoms with E-state index in [-0.39, 0.29) is 11.1 Å². The van der Waals surface area contributed by atoms with Crippen LogP contribution in [-0.2, 0) is 6.18 Å². The number of carbonyl (C=O) groups excluding carboxylic acids is 1. The van der Waals surface area contributed by atoms with E-state index in [1.165, 1.54) is 25.4 Å². The van der Waals surface area contributed by atoms with Crippen LogP contribution in [0.1, 0.15) is 21.5 Å². The van der Waals surface area contributed by atoms with E-state index < -0.39 is 17.6 Å². The maximum absolute atomic E-state index is 13.0. The van der Waals surface area contributed by atoms with Gasteiger partial charge < -0.3 is 10.1 Å². The van der Waals surface area contributed by atoms with Gasteiger partial charge in [0.15, 0.2) is 0 Å². The van der Waals surface area contributed by atoms with Gasteiger partial charge in [-0.15, -0.1) is 0 Å². The fourth-order valence-electron chi connectivity index (χ4n) is 2.59. The summed E-state index contributed by atoms with van der Waals surface area (Å²) in [4.78, 5) is 16.6. The number of alkyl halides is 3. The number of pyridine rings is 1. The second-order valence-electron chi connectivity index (χ2n) is 5.73. The van der Waals surface area contributed by atoms with Gasteiger partial charge in [0.05, 0.1) is 23.9 Å². The minimum atomic E-state index is -4.48. The minimum absolute atomic E-state index is 0.217. The highest BCUT2D eigenvalue weighted by molar-refractivity contribution is 6.08. The Morgan fingerprint density at radius 3 is 2.58 bits per heavy atom. The van der Waals surface area contributed by atoms with Crippen molar-refractivity contribution in [1.82, 2.24) is 4.98 Å². The van der Waals surface area contributed by atoms with Crippen molar-refractivity contribution in [2.75, 3.05) is 12.4 Å². The predicted octanol–water partition coefficient (Wildman–Crippen LogP) is 4.82. The number of hydrogen-bond acceptors (Lipinski definition) is 3. The van der Waals surface area contributed by atoms with Gasteiger partial charge in [-0.1, -0.05) is 6.07 Å². The highest BCUT2D eigenvalue weighted by Crippen LogP contribution is 2.33. The minimum Gasteiger partial charge on any atom is -0.496 e. The fraction of sp³-hybridized carbons (Fsp3) is 0.158. The molecule has 26 heavy (non-hydrogen) atoms. The molecule has 0 fully saturated rings. The zero-order valence-corrected chi connectivity index (χ0v) is 14.0. The van der Waals surface area contributed by atoms with Gasteiger partial charge in [0.1, 0.15) is 5.75 Å². The van der Waals surface area contributed by atoms with E-state index in [4.69, 9.17) is 4.74 Å². The summed E-state index contributed by atoms with van der Waals surface area (Å²) in [5.74, 6) is 0.102. The molecule has 1 aromatic heterocycles. The summed E-state index contributed by atoms with van der Waals surface area (Å²) in [6.45, 7) is 1.84. The van der Waals surface area contributed by atoms with Gasteiger partial charge in [-0.2, -0.15) is 13.2 Å². The van der Waals surface area contributed by atoms with E-state index >= 15 is 0 Å². The Kier molecular flexibility index (Phi) is 4.54. The smallest absolute Gasteiger partial charge is 0.416 e. The first kappa shape index (κ1) is 17.7. The standard InChI is InChI=1S/C19H15F3N2O2/c1-11-3-4-12(9-17(11)26-2)18(25)24-16-7-8-23-15-6-5-13(10-14(15)16)19(20,21)22/h3-10H,1-2H3,(H,23,24,25). The van der Waals surface area contributed by atoms with E-state index in [0.29, 0.717) is 16.8 Å². The number of anilines is 1. The molecule has 0 saturated heterocycles. The van der Waals surface area contributed by atoms with E-state index in [1.807, 2.05) is 6.92 Å². The molecule has 1 N–H and O–H groups in total. The Morgan fingerprint density at radius 1 is 1.12 bits per heavy atom. The topological polar surface area (TPSA) is 51.2 Å². The van der Waals surface area contributed by atoms with Gasteiger partial charge >= 0.3 is 6.18 Å². The number of rotatable bonds is 3. The number of benzene rings is 2. The van der Waals surface area contributed by atoms with Crippen LogP contribution in [0.3, 0.4) is 0 Å². The van der Waals surface area contributed by atoms with Gasteiger partial charge in [0, 0.05) is 17.1 Å². The van der Waals surface area contributed by atoms with Gasteiger partial charge in [-0.05, 0) is 48.9 Å². The molecule has 4 nitrogen and oxygen atoms in total. The van der Waals surface area contributed by atoms with Crippen LogP contribution in [0.5, 0.6) is 5.75 Å². The molecular formula is C19H15F3N2O2. The van der Waals surface area contributed by atoms with Crippen molar-refractivity contribution in [1.29, 1.82) is 0 Å². The van der Waals surface area contributed by atoms with Gasteiger partial charge in [0.25, 0.3) is 5.91 Å². The molecule has 1 amide bonds. The Bertz CT molecular complexity index is 984. The third-order valence-corrected chi connectivity index (χ3v) is 3.99. The molecule has 0 bridgehead atoms. The lowest BCUT2D eigenvalue weighted by molar-refractivity contribution is -0.137. The highest BCUT2D eigenvalue weighted by Gasteiger charge is 2.30. The molecule has 0 saturated carbocycles. The molecule has 1 heterocycles. The summed E-state index contributed by atoms with van der Waals surface area (Å²) < 4.78 is 44.1. The van der Waals surface area contributed by atoms with Crippen molar-refractivity contribution in [2.24, 2.45) is 0 Å². The zero-order chi connectivity index (χ0) is 18.9. The molecule has 0 unspecified atom stereocenters. The lowest BCUT2D eigenvalue weighted by Crippen LogP contribution is -2.13. The summed E-state index contributed by atoms with van der Waals surface area (Å²) in [5, 5.41) is 2.87. The summed E-state index contributed by atoms with van der Waals surface area (Å²) in [6.07, 6.45) is -3.05. The number of nitrogens with zero attached hydrogens (tertiary/aromatic N) is 1. The van der Waals surface area contributed by atoms with Crippen LogP contribution in [0.2, 0.25) is 0 Å². The molecular weight excluding hydrogens is 345 g/mol. The maximum Gasteiger partial charge on any atom is 0.416 e. The summed E-state index contributed by atoms with van der Waals surface area (Å²) in [5.41, 5.74) is 1.02. The zero-order valence-electron chi connectivity index (χ0n) is 14.0.